The molecule has 0 spiro atoms. The number of benzene rings is 1. The topological polar surface area (TPSA) is 32.3 Å². The van der Waals surface area contributed by atoms with Gasteiger partial charge in [-0.3, -0.25) is 0 Å². The molecule has 2 aliphatic heterocycles. The zero-order chi connectivity index (χ0) is 15.6. The average molecular weight is 308 g/mol. The zero-order valence-electron chi connectivity index (χ0n) is 13.8. The van der Waals surface area contributed by atoms with Gasteiger partial charge in [0.05, 0.1) is 0 Å². The highest BCUT2D eigenvalue weighted by Gasteiger charge is 2.20. The molecule has 2 aliphatic rings. The lowest BCUT2D eigenvalue weighted by Gasteiger charge is -2.31. The van der Waals surface area contributed by atoms with Crippen LogP contribution in [0.1, 0.15) is 36.1 Å². The Morgan fingerprint density at radius 3 is 2.48 bits per heavy atom. The van der Waals surface area contributed by atoms with E-state index in [1.165, 1.54) is 30.4 Å². The third-order valence-electron chi connectivity index (χ3n) is 4.92. The fourth-order valence-corrected chi connectivity index (χ4v) is 3.63. The van der Waals surface area contributed by atoms with Gasteiger partial charge in [-0.2, -0.15) is 4.98 Å². The van der Waals surface area contributed by atoms with Crippen molar-refractivity contribution in [1.82, 2.24) is 9.97 Å². The highest BCUT2D eigenvalue weighted by Crippen LogP contribution is 2.25. The maximum Gasteiger partial charge on any atom is 0.227 e. The Hall–Kier alpha value is -2.10. The van der Waals surface area contributed by atoms with Gasteiger partial charge in [0.15, 0.2) is 0 Å². The largest absolute Gasteiger partial charge is 0.356 e. The van der Waals surface area contributed by atoms with Gasteiger partial charge in [-0.25, -0.2) is 4.98 Å². The summed E-state index contributed by atoms with van der Waals surface area (Å²) in [7, 11) is 0. The Bertz CT molecular complexity index is 692. The molecule has 23 heavy (non-hydrogen) atoms. The standard InChI is InChI=1S/C19H24N4/c1-15-13-18(22-10-5-2-6-11-22)21-19(20-15)23-12-9-16-7-3-4-8-17(16)14-23/h3-4,7-8,13H,2,5-6,9-12,14H2,1H3. The molecule has 0 atom stereocenters. The van der Waals surface area contributed by atoms with Crippen molar-refractivity contribution < 1.29 is 0 Å². The quantitative estimate of drug-likeness (QED) is 0.852. The summed E-state index contributed by atoms with van der Waals surface area (Å²) in [6.45, 7) is 6.24. The number of hydrogen-bond donors (Lipinski definition) is 0. The van der Waals surface area contributed by atoms with E-state index >= 15 is 0 Å². The van der Waals surface area contributed by atoms with Gasteiger partial charge >= 0.3 is 0 Å². The molecule has 1 fully saturated rings. The van der Waals surface area contributed by atoms with E-state index in [4.69, 9.17) is 9.97 Å². The van der Waals surface area contributed by atoms with Crippen molar-refractivity contribution >= 4 is 11.8 Å². The van der Waals surface area contributed by atoms with E-state index in [2.05, 4.69) is 47.1 Å². The van der Waals surface area contributed by atoms with Crippen LogP contribution in [0.3, 0.4) is 0 Å². The SMILES string of the molecule is Cc1cc(N2CCCCC2)nc(N2CCc3ccccc3C2)n1. The predicted octanol–water partition coefficient (Wildman–Crippen LogP) is 3.34. The first-order valence-electron chi connectivity index (χ1n) is 8.72. The second kappa shape index (κ2) is 6.19. The minimum Gasteiger partial charge on any atom is -0.356 e. The Kier molecular flexibility index (Phi) is 3.90. The summed E-state index contributed by atoms with van der Waals surface area (Å²) >= 11 is 0. The molecule has 0 amide bonds. The van der Waals surface area contributed by atoms with Crippen LogP contribution in [0.25, 0.3) is 0 Å². The number of anilines is 2. The van der Waals surface area contributed by atoms with Crippen molar-refractivity contribution in [2.24, 2.45) is 0 Å². The summed E-state index contributed by atoms with van der Waals surface area (Å²) in [6, 6.07) is 10.9. The number of fused-ring (bicyclic) bond motifs is 1. The minimum absolute atomic E-state index is 0.889. The molecule has 1 aromatic heterocycles. The fraction of sp³-hybridized carbons (Fsp3) is 0.474. The second-order valence-electron chi connectivity index (χ2n) is 6.66. The van der Waals surface area contributed by atoms with Crippen LogP contribution in [0.2, 0.25) is 0 Å². The molecule has 4 nitrogen and oxygen atoms in total. The molecule has 3 heterocycles. The Morgan fingerprint density at radius 1 is 0.870 bits per heavy atom. The summed E-state index contributed by atoms with van der Waals surface area (Å²) in [5.74, 6) is 1.99. The van der Waals surface area contributed by atoms with E-state index in [0.29, 0.717) is 0 Å². The summed E-state index contributed by atoms with van der Waals surface area (Å²) in [4.78, 5) is 14.3. The van der Waals surface area contributed by atoms with Gasteiger partial charge < -0.3 is 9.80 Å². The number of piperidine rings is 1. The van der Waals surface area contributed by atoms with Gasteiger partial charge in [0.1, 0.15) is 5.82 Å². The highest BCUT2D eigenvalue weighted by atomic mass is 15.3. The van der Waals surface area contributed by atoms with Crippen molar-refractivity contribution in [3.8, 4) is 0 Å². The van der Waals surface area contributed by atoms with Gasteiger partial charge in [0.2, 0.25) is 5.95 Å². The molecule has 0 unspecified atom stereocenters. The van der Waals surface area contributed by atoms with Crippen molar-refractivity contribution in [3.63, 3.8) is 0 Å². The molecular weight excluding hydrogens is 284 g/mol. The highest BCUT2D eigenvalue weighted by molar-refractivity contribution is 5.48. The molecule has 0 N–H and O–H groups in total. The normalized spacial score (nSPS) is 18.0. The summed E-state index contributed by atoms with van der Waals surface area (Å²) in [5.41, 5.74) is 3.94. The fourth-order valence-electron chi connectivity index (χ4n) is 3.63. The number of hydrogen-bond acceptors (Lipinski definition) is 4. The summed E-state index contributed by atoms with van der Waals surface area (Å²) < 4.78 is 0. The van der Waals surface area contributed by atoms with Crippen LogP contribution in [-0.2, 0) is 13.0 Å². The lowest BCUT2D eigenvalue weighted by molar-refractivity contribution is 0.572. The average Bonchev–Trinajstić information content (AvgIpc) is 2.61. The van der Waals surface area contributed by atoms with Crippen molar-refractivity contribution in [2.75, 3.05) is 29.4 Å². The molecule has 4 rings (SSSR count). The third kappa shape index (κ3) is 3.03. The van der Waals surface area contributed by atoms with E-state index in [1.807, 2.05) is 0 Å². The zero-order valence-corrected chi connectivity index (χ0v) is 13.8. The molecule has 0 saturated carbocycles. The van der Waals surface area contributed by atoms with Crippen LogP contribution in [0.4, 0.5) is 11.8 Å². The molecule has 0 aliphatic carbocycles. The summed E-state index contributed by atoms with van der Waals surface area (Å²) in [6.07, 6.45) is 4.97. The lowest BCUT2D eigenvalue weighted by atomic mass is 10.0. The number of nitrogens with zero attached hydrogens (tertiary/aromatic N) is 4. The molecule has 2 aromatic rings. The Labute approximate surface area is 138 Å². The monoisotopic (exact) mass is 308 g/mol. The van der Waals surface area contributed by atoms with Gasteiger partial charge in [-0.15, -0.1) is 0 Å². The van der Waals surface area contributed by atoms with Gasteiger partial charge in [-0.1, -0.05) is 24.3 Å². The lowest BCUT2D eigenvalue weighted by Crippen LogP contribution is -2.34. The van der Waals surface area contributed by atoms with E-state index in [1.54, 1.807) is 0 Å². The van der Waals surface area contributed by atoms with E-state index in [-0.39, 0.29) is 0 Å². The van der Waals surface area contributed by atoms with Crippen molar-refractivity contribution in [1.29, 1.82) is 0 Å². The smallest absolute Gasteiger partial charge is 0.227 e. The molecule has 120 valence electrons. The second-order valence-corrected chi connectivity index (χ2v) is 6.66. The maximum absolute atomic E-state index is 4.89. The summed E-state index contributed by atoms with van der Waals surface area (Å²) in [5, 5.41) is 0. The first-order chi connectivity index (χ1) is 11.3. The maximum atomic E-state index is 4.89. The van der Waals surface area contributed by atoms with Crippen molar-refractivity contribution in [3.05, 3.63) is 47.2 Å². The predicted molar refractivity (Wildman–Crippen MR) is 94.0 cm³/mol. The van der Waals surface area contributed by atoms with Crippen LogP contribution >= 0.6 is 0 Å². The Balaban J connectivity index is 1.60. The first kappa shape index (κ1) is 14.5. The number of rotatable bonds is 2. The molecule has 1 saturated heterocycles. The molecular formula is C19H24N4. The van der Waals surface area contributed by atoms with E-state index in [0.717, 1.165) is 50.1 Å². The van der Waals surface area contributed by atoms with Crippen LogP contribution in [0.5, 0.6) is 0 Å². The first-order valence-corrected chi connectivity index (χ1v) is 8.72. The van der Waals surface area contributed by atoms with Crippen molar-refractivity contribution in [2.45, 2.75) is 39.2 Å². The van der Waals surface area contributed by atoms with E-state index < -0.39 is 0 Å². The Morgan fingerprint density at radius 2 is 1.65 bits per heavy atom. The van der Waals surface area contributed by atoms with Gasteiger partial charge in [0, 0.05) is 37.9 Å². The molecule has 4 heteroatoms. The molecule has 0 radical (unpaired) electrons. The molecule has 1 aromatic carbocycles. The van der Waals surface area contributed by atoms with Crippen LogP contribution in [0, 0.1) is 6.92 Å². The number of aromatic nitrogens is 2. The number of aryl methyl sites for hydroxylation is 1. The van der Waals surface area contributed by atoms with Crippen LogP contribution < -0.4 is 9.80 Å². The van der Waals surface area contributed by atoms with Crippen LogP contribution in [-0.4, -0.2) is 29.6 Å². The third-order valence-corrected chi connectivity index (χ3v) is 4.92. The minimum atomic E-state index is 0.889. The van der Waals surface area contributed by atoms with Gasteiger partial charge in [0.25, 0.3) is 0 Å². The van der Waals surface area contributed by atoms with Gasteiger partial charge in [-0.05, 0) is 43.7 Å². The molecule has 0 bridgehead atoms. The van der Waals surface area contributed by atoms with Crippen LogP contribution in [0.15, 0.2) is 30.3 Å². The van der Waals surface area contributed by atoms with E-state index in [9.17, 15) is 0 Å².